The molecule has 4 aromatic rings. The van der Waals surface area contributed by atoms with Crippen LogP contribution in [0.3, 0.4) is 0 Å². The largest absolute Gasteiger partial charge is 0.372 e. The minimum atomic E-state index is 0.186. The number of aryl methyl sites for hydroxylation is 1. The maximum atomic E-state index is 4.99. The lowest BCUT2D eigenvalue weighted by atomic mass is 10.1. The van der Waals surface area contributed by atoms with Gasteiger partial charge in [-0.2, -0.15) is 0 Å². The summed E-state index contributed by atoms with van der Waals surface area (Å²) >= 11 is 0. The van der Waals surface area contributed by atoms with Crippen LogP contribution in [0.15, 0.2) is 60.7 Å². The van der Waals surface area contributed by atoms with Crippen molar-refractivity contribution >= 4 is 16.9 Å². The highest BCUT2D eigenvalue weighted by molar-refractivity contribution is 5.93. The molecule has 0 aliphatic rings. The molecular weight excluding hydrogens is 332 g/mol. The number of nitrogens with zero attached hydrogens (tertiary/aromatic N) is 3. The Balaban J connectivity index is 2.00. The van der Waals surface area contributed by atoms with E-state index in [0.717, 1.165) is 28.2 Å². The average molecular weight is 356 g/mol. The van der Waals surface area contributed by atoms with Crippen molar-refractivity contribution in [2.45, 2.75) is 26.8 Å². The van der Waals surface area contributed by atoms with E-state index in [1.807, 2.05) is 37.4 Å². The van der Waals surface area contributed by atoms with Gasteiger partial charge in [0.1, 0.15) is 11.5 Å². The van der Waals surface area contributed by atoms with Crippen molar-refractivity contribution in [3.8, 4) is 11.4 Å². The van der Waals surface area contributed by atoms with Crippen molar-refractivity contribution in [3.63, 3.8) is 0 Å². The van der Waals surface area contributed by atoms with Gasteiger partial charge in [-0.05, 0) is 31.9 Å². The maximum absolute atomic E-state index is 4.99. The summed E-state index contributed by atoms with van der Waals surface area (Å²) in [4.78, 5) is 9.80. The van der Waals surface area contributed by atoms with Crippen LogP contribution in [0.5, 0.6) is 0 Å². The molecule has 0 fully saturated rings. The highest BCUT2D eigenvalue weighted by Crippen LogP contribution is 2.35. The number of nitrogens with one attached hydrogen (secondary N) is 1. The molecule has 0 saturated heterocycles. The van der Waals surface area contributed by atoms with E-state index in [1.54, 1.807) is 0 Å². The molecule has 2 heterocycles. The lowest BCUT2D eigenvalue weighted by Gasteiger charge is -2.18. The standard InChI is InChI=1S/C23H24N4/c1-15-16(2)27(17(3)18-11-7-5-8-12-18)23-20(15)22(24-4)25-21(26-23)19-13-9-6-10-14-19/h5-14,17H,1-4H3,(H,24,25,26). The summed E-state index contributed by atoms with van der Waals surface area (Å²) in [6.07, 6.45) is 0. The van der Waals surface area contributed by atoms with E-state index in [9.17, 15) is 0 Å². The number of fused-ring (bicyclic) bond motifs is 1. The summed E-state index contributed by atoms with van der Waals surface area (Å²) in [5.41, 5.74) is 5.70. The predicted molar refractivity (Wildman–Crippen MR) is 112 cm³/mol. The molecule has 0 spiro atoms. The highest BCUT2D eigenvalue weighted by Gasteiger charge is 2.22. The normalized spacial score (nSPS) is 12.3. The summed E-state index contributed by atoms with van der Waals surface area (Å²) < 4.78 is 2.33. The summed E-state index contributed by atoms with van der Waals surface area (Å²) in [6.45, 7) is 6.54. The second-order valence-corrected chi connectivity index (χ2v) is 6.88. The molecule has 0 aliphatic heterocycles. The Hall–Kier alpha value is -3.14. The first-order valence-electron chi connectivity index (χ1n) is 9.29. The van der Waals surface area contributed by atoms with Gasteiger partial charge in [-0.3, -0.25) is 0 Å². The molecule has 136 valence electrons. The lowest BCUT2D eigenvalue weighted by molar-refractivity contribution is 0.639. The van der Waals surface area contributed by atoms with E-state index in [0.29, 0.717) is 0 Å². The topological polar surface area (TPSA) is 42.7 Å². The third-order valence-electron chi connectivity index (χ3n) is 5.34. The van der Waals surface area contributed by atoms with Crippen molar-refractivity contribution < 1.29 is 0 Å². The third kappa shape index (κ3) is 2.87. The number of aromatic nitrogens is 3. The number of hydrogen-bond donors (Lipinski definition) is 1. The fraction of sp³-hybridized carbons (Fsp3) is 0.217. The Labute approximate surface area is 159 Å². The molecule has 4 heteroatoms. The molecule has 1 unspecified atom stereocenters. The van der Waals surface area contributed by atoms with Crippen LogP contribution in [0.2, 0.25) is 0 Å². The molecule has 4 rings (SSSR count). The minimum absolute atomic E-state index is 0.186. The first-order chi connectivity index (χ1) is 13.1. The van der Waals surface area contributed by atoms with Crippen LogP contribution in [0.4, 0.5) is 5.82 Å². The van der Waals surface area contributed by atoms with Gasteiger partial charge >= 0.3 is 0 Å². The van der Waals surface area contributed by atoms with E-state index in [-0.39, 0.29) is 6.04 Å². The van der Waals surface area contributed by atoms with Crippen molar-refractivity contribution in [2.24, 2.45) is 0 Å². The molecule has 0 radical (unpaired) electrons. The van der Waals surface area contributed by atoms with Gasteiger partial charge in [0, 0.05) is 18.3 Å². The molecule has 2 aromatic carbocycles. The van der Waals surface area contributed by atoms with Crippen LogP contribution in [0.25, 0.3) is 22.4 Å². The summed E-state index contributed by atoms with van der Waals surface area (Å²) in [7, 11) is 1.92. The molecule has 0 saturated carbocycles. The van der Waals surface area contributed by atoms with Crippen LogP contribution < -0.4 is 5.32 Å². The minimum Gasteiger partial charge on any atom is -0.372 e. The SMILES string of the molecule is CNc1nc(-c2ccccc2)nc2c1c(C)c(C)n2C(C)c1ccccc1. The van der Waals surface area contributed by atoms with Gasteiger partial charge < -0.3 is 9.88 Å². The van der Waals surface area contributed by atoms with Crippen LogP contribution in [0, 0.1) is 13.8 Å². The Morgan fingerprint density at radius 3 is 2.15 bits per heavy atom. The van der Waals surface area contributed by atoms with E-state index in [4.69, 9.17) is 9.97 Å². The zero-order chi connectivity index (χ0) is 19.0. The molecule has 27 heavy (non-hydrogen) atoms. The molecule has 0 aliphatic carbocycles. The average Bonchev–Trinajstić information content (AvgIpc) is 2.98. The first-order valence-corrected chi connectivity index (χ1v) is 9.29. The molecule has 2 aromatic heterocycles. The monoisotopic (exact) mass is 356 g/mol. The molecule has 4 nitrogen and oxygen atoms in total. The van der Waals surface area contributed by atoms with E-state index >= 15 is 0 Å². The highest BCUT2D eigenvalue weighted by atomic mass is 15.1. The second-order valence-electron chi connectivity index (χ2n) is 6.88. The Kier molecular flexibility index (Phi) is 4.40. The number of anilines is 1. The molecule has 0 bridgehead atoms. The van der Waals surface area contributed by atoms with Crippen LogP contribution in [-0.4, -0.2) is 21.6 Å². The first kappa shape index (κ1) is 17.3. The molecule has 0 amide bonds. The van der Waals surface area contributed by atoms with Gasteiger partial charge in [0.05, 0.1) is 11.4 Å². The maximum Gasteiger partial charge on any atom is 0.163 e. The van der Waals surface area contributed by atoms with Crippen LogP contribution >= 0.6 is 0 Å². The summed E-state index contributed by atoms with van der Waals surface area (Å²) in [6, 6.07) is 20.9. The lowest BCUT2D eigenvalue weighted by Crippen LogP contribution is -2.10. The van der Waals surface area contributed by atoms with Gasteiger partial charge in [-0.15, -0.1) is 0 Å². The number of benzene rings is 2. The smallest absolute Gasteiger partial charge is 0.163 e. The van der Waals surface area contributed by atoms with Crippen molar-refractivity contribution in [1.29, 1.82) is 0 Å². The molecule has 1 atom stereocenters. The summed E-state index contributed by atoms with van der Waals surface area (Å²) in [5.74, 6) is 1.62. The quantitative estimate of drug-likeness (QED) is 0.535. The van der Waals surface area contributed by atoms with Gasteiger partial charge in [0.15, 0.2) is 5.82 Å². The summed E-state index contributed by atoms with van der Waals surface area (Å²) in [5, 5.41) is 4.37. The van der Waals surface area contributed by atoms with Crippen LogP contribution in [-0.2, 0) is 0 Å². The van der Waals surface area contributed by atoms with E-state index in [2.05, 4.69) is 61.0 Å². The zero-order valence-corrected chi connectivity index (χ0v) is 16.2. The van der Waals surface area contributed by atoms with Gasteiger partial charge in [0.2, 0.25) is 0 Å². The van der Waals surface area contributed by atoms with Crippen molar-refractivity contribution in [1.82, 2.24) is 14.5 Å². The van der Waals surface area contributed by atoms with Crippen LogP contribution in [0.1, 0.15) is 29.8 Å². The second kappa shape index (κ2) is 6.88. The van der Waals surface area contributed by atoms with Gasteiger partial charge in [-0.1, -0.05) is 60.7 Å². The number of rotatable bonds is 4. The Bertz CT molecular complexity index is 1080. The number of hydrogen-bond acceptors (Lipinski definition) is 3. The van der Waals surface area contributed by atoms with E-state index in [1.165, 1.54) is 16.8 Å². The van der Waals surface area contributed by atoms with Crippen molar-refractivity contribution in [3.05, 3.63) is 77.5 Å². The van der Waals surface area contributed by atoms with Crippen molar-refractivity contribution in [2.75, 3.05) is 12.4 Å². The van der Waals surface area contributed by atoms with Gasteiger partial charge in [0.25, 0.3) is 0 Å². The third-order valence-corrected chi connectivity index (χ3v) is 5.34. The van der Waals surface area contributed by atoms with E-state index < -0.39 is 0 Å². The fourth-order valence-corrected chi connectivity index (χ4v) is 3.74. The molecular formula is C23H24N4. The Morgan fingerprint density at radius 2 is 1.52 bits per heavy atom. The molecule has 1 N–H and O–H groups in total. The zero-order valence-electron chi connectivity index (χ0n) is 16.2. The van der Waals surface area contributed by atoms with Gasteiger partial charge in [-0.25, -0.2) is 9.97 Å². The Morgan fingerprint density at radius 1 is 0.889 bits per heavy atom. The fourth-order valence-electron chi connectivity index (χ4n) is 3.74. The predicted octanol–water partition coefficient (Wildman–Crippen LogP) is 5.37.